The number of likely N-dealkylation sites (tertiary alicyclic amines) is 1. The molecular formula is C20H33NO2Si. The number of aldehydes is 1. The van der Waals surface area contributed by atoms with E-state index in [4.69, 9.17) is 4.43 Å². The molecule has 0 aromatic heterocycles. The van der Waals surface area contributed by atoms with Crippen LogP contribution in [0.2, 0.25) is 18.1 Å². The quantitative estimate of drug-likeness (QED) is 0.566. The van der Waals surface area contributed by atoms with Crippen molar-refractivity contribution in [2.45, 2.75) is 51.9 Å². The fourth-order valence-corrected chi connectivity index (χ4v) is 4.17. The molecule has 1 aromatic rings. The van der Waals surface area contributed by atoms with Gasteiger partial charge in [-0.2, -0.15) is 0 Å². The lowest BCUT2D eigenvalue weighted by atomic mass is 9.90. The van der Waals surface area contributed by atoms with Gasteiger partial charge in [-0.1, -0.05) is 51.1 Å². The number of carbonyl (C=O) groups excluding carboxylic acids is 1. The standard InChI is InChI=1S/C20H33NO2Si/c1-20(2,3)24(4,5)23-16-19-11-18(15-22)13-21(14-19)12-17-9-7-6-8-10-17/h6-10,15,18-19H,11-14,16H2,1-5H3. The lowest BCUT2D eigenvalue weighted by molar-refractivity contribution is -0.113. The summed E-state index contributed by atoms with van der Waals surface area (Å²) in [4.78, 5) is 13.8. The molecule has 0 amide bonds. The molecule has 2 unspecified atom stereocenters. The van der Waals surface area contributed by atoms with Crippen molar-refractivity contribution in [1.29, 1.82) is 0 Å². The molecule has 4 heteroatoms. The predicted octanol–water partition coefficient (Wildman–Crippen LogP) is 4.35. The zero-order chi connectivity index (χ0) is 17.8. The number of piperidine rings is 1. The maximum atomic E-state index is 11.4. The van der Waals surface area contributed by atoms with E-state index in [0.29, 0.717) is 5.92 Å². The van der Waals surface area contributed by atoms with Gasteiger partial charge in [0.25, 0.3) is 0 Å². The summed E-state index contributed by atoms with van der Waals surface area (Å²) < 4.78 is 6.42. The zero-order valence-corrected chi connectivity index (χ0v) is 16.9. The van der Waals surface area contributed by atoms with E-state index in [0.717, 1.165) is 38.9 Å². The van der Waals surface area contributed by atoms with Gasteiger partial charge in [0, 0.05) is 32.2 Å². The van der Waals surface area contributed by atoms with Crippen LogP contribution in [0.4, 0.5) is 0 Å². The third kappa shape index (κ3) is 5.26. The second-order valence-corrected chi connectivity index (χ2v) is 13.6. The molecule has 0 radical (unpaired) electrons. The van der Waals surface area contributed by atoms with Gasteiger partial charge in [0.2, 0.25) is 0 Å². The molecule has 0 spiro atoms. The summed E-state index contributed by atoms with van der Waals surface area (Å²) in [5.41, 5.74) is 1.31. The van der Waals surface area contributed by atoms with E-state index >= 15 is 0 Å². The largest absolute Gasteiger partial charge is 0.416 e. The number of rotatable bonds is 6. The Balaban J connectivity index is 1.96. The number of benzene rings is 1. The summed E-state index contributed by atoms with van der Waals surface area (Å²) in [5.74, 6) is 0.585. The summed E-state index contributed by atoms with van der Waals surface area (Å²) in [7, 11) is -1.72. The Kier molecular flexibility index (Phi) is 6.40. The fraction of sp³-hybridized carbons (Fsp3) is 0.650. The van der Waals surface area contributed by atoms with Crippen LogP contribution in [0.25, 0.3) is 0 Å². The highest BCUT2D eigenvalue weighted by Gasteiger charge is 2.38. The van der Waals surface area contributed by atoms with Crippen LogP contribution in [0.3, 0.4) is 0 Å². The lowest BCUT2D eigenvalue weighted by Gasteiger charge is -2.40. The third-order valence-corrected chi connectivity index (χ3v) is 10.1. The van der Waals surface area contributed by atoms with Crippen molar-refractivity contribution < 1.29 is 9.22 Å². The minimum absolute atomic E-state index is 0.135. The van der Waals surface area contributed by atoms with Crippen LogP contribution in [0.15, 0.2) is 30.3 Å². The highest BCUT2D eigenvalue weighted by atomic mass is 28.4. The SMILES string of the molecule is CC(C)(C)[Si](C)(C)OCC1CC(C=O)CN(Cc2ccccc2)C1. The van der Waals surface area contributed by atoms with E-state index in [-0.39, 0.29) is 11.0 Å². The molecule has 2 rings (SSSR count). The molecule has 2 atom stereocenters. The lowest BCUT2D eigenvalue weighted by Crippen LogP contribution is -2.46. The Morgan fingerprint density at radius 2 is 1.88 bits per heavy atom. The Morgan fingerprint density at radius 1 is 1.21 bits per heavy atom. The number of nitrogens with zero attached hydrogens (tertiary/aromatic N) is 1. The van der Waals surface area contributed by atoms with Gasteiger partial charge in [-0.15, -0.1) is 0 Å². The first-order valence-electron chi connectivity index (χ1n) is 9.07. The first-order valence-corrected chi connectivity index (χ1v) is 12.0. The van der Waals surface area contributed by atoms with Crippen LogP contribution in [0, 0.1) is 11.8 Å². The molecule has 1 heterocycles. The van der Waals surface area contributed by atoms with Crippen molar-refractivity contribution >= 4 is 14.6 Å². The van der Waals surface area contributed by atoms with Gasteiger partial charge in [0.15, 0.2) is 8.32 Å². The fourth-order valence-electron chi connectivity index (χ4n) is 3.08. The molecule has 0 aliphatic carbocycles. The van der Waals surface area contributed by atoms with Crippen LogP contribution in [0.1, 0.15) is 32.8 Å². The second-order valence-electron chi connectivity index (χ2n) is 8.75. The van der Waals surface area contributed by atoms with E-state index in [1.165, 1.54) is 5.56 Å². The Bertz CT molecular complexity index is 524. The molecule has 1 aromatic carbocycles. The second kappa shape index (κ2) is 7.94. The van der Waals surface area contributed by atoms with Gasteiger partial charge in [0.1, 0.15) is 6.29 Å². The maximum absolute atomic E-state index is 11.4. The van der Waals surface area contributed by atoms with Crippen LogP contribution in [-0.2, 0) is 15.8 Å². The van der Waals surface area contributed by atoms with Gasteiger partial charge >= 0.3 is 0 Å². The van der Waals surface area contributed by atoms with Gasteiger partial charge in [0.05, 0.1) is 0 Å². The molecule has 1 fully saturated rings. The normalized spacial score (nSPS) is 23.2. The molecule has 24 heavy (non-hydrogen) atoms. The van der Waals surface area contributed by atoms with Crippen molar-refractivity contribution in [2.24, 2.45) is 11.8 Å². The first-order chi connectivity index (χ1) is 11.2. The highest BCUT2D eigenvalue weighted by molar-refractivity contribution is 6.74. The minimum Gasteiger partial charge on any atom is -0.416 e. The van der Waals surface area contributed by atoms with Crippen molar-refractivity contribution in [3.63, 3.8) is 0 Å². The van der Waals surface area contributed by atoms with Gasteiger partial charge in [-0.3, -0.25) is 4.90 Å². The summed E-state index contributed by atoms with van der Waals surface area (Å²) in [6, 6.07) is 10.5. The monoisotopic (exact) mass is 347 g/mol. The molecular weight excluding hydrogens is 314 g/mol. The molecule has 1 aliphatic rings. The smallest absolute Gasteiger partial charge is 0.191 e. The van der Waals surface area contributed by atoms with E-state index in [2.05, 4.69) is 63.0 Å². The Labute approximate surface area is 148 Å². The average molecular weight is 348 g/mol. The summed E-state index contributed by atoms with van der Waals surface area (Å²) in [5, 5.41) is 0.232. The zero-order valence-electron chi connectivity index (χ0n) is 15.9. The summed E-state index contributed by atoms with van der Waals surface area (Å²) in [6.45, 7) is 15.0. The van der Waals surface area contributed by atoms with Gasteiger partial charge in [-0.05, 0) is 36.0 Å². The molecule has 0 saturated carbocycles. The van der Waals surface area contributed by atoms with Crippen molar-refractivity contribution in [3.8, 4) is 0 Å². The number of hydrogen-bond acceptors (Lipinski definition) is 3. The van der Waals surface area contributed by atoms with Crippen LogP contribution in [-0.4, -0.2) is 39.2 Å². The van der Waals surface area contributed by atoms with E-state index < -0.39 is 8.32 Å². The van der Waals surface area contributed by atoms with E-state index in [1.807, 2.05) is 6.07 Å². The highest BCUT2D eigenvalue weighted by Crippen LogP contribution is 2.37. The molecule has 1 saturated heterocycles. The summed E-state index contributed by atoms with van der Waals surface area (Å²) in [6.07, 6.45) is 2.10. The first kappa shape index (κ1) is 19.4. The maximum Gasteiger partial charge on any atom is 0.191 e. The van der Waals surface area contributed by atoms with Crippen LogP contribution in [0.5, 0.6) is 0 Å². The topological polar surface area (TPSA) is 29.5 Å². The van der Waals surface area contributed by atoms with Crippen LogP contribution < -0.4 is 0 Å². The van der Waals surface area contributed by atoms with Gasteiger partial charge in [-0.25, -0.2) is 0 Å². The Hall–Kier alpha value is -0.973. The number of carbonyl (C=O) groups is 1. The van der Waals surface area contributed by atoms with Crippen molar-refractivity contribution in [3.05, 3.63) is 35.9 Å². The predicted molar refractivity (Wildman–Crippen MR) is 103 cm³/mol. The molecule has 0 bridgehead atoms. The van der Waals surface area contributed by atoms with Gasteiger partial charge < -0.3 is 9.22 Å². The average Bonchev–Trinajstić information content (AvgIpc) is 2.52. The molecule has 3 nitrogen and oxygen atoms in total. The van der Waals surface area contributed by atoms with E-state index in [9.17, 15) is 4.79 Å². The summed E-state index contributed by atoms with van der Waals surface area (Å²) >= 11 is 0. The van der Waals surface area contributed by atoms with Crippen LogP contribution >= 0.6 is 0 Å². The molecule has 134 valence electrons. The van der Waals surface area contributed by atoms with Crippen molar-refractivity contribution in [2.75, 3.05) is 19.7 Å². The van der Waals surface area contributed by atoms with E-state index in [1.54, 1.807) is 0 Å². The third-order valence-electron chi connectivity index (χ3n) is 5.57. The Morgan fingerprint density at radius 3 is 2.46 bits per heavy atom. The van der Waals surface area contributed by atoms with Crippen molar-refractivity contribution in [1.82, 2.24) is 4.90 Å². The molecule has 1 aliphatic heterocycles. The minimum atomic E-state index is -1.72. The molecule has 0 N–H and O–H groups in total. The number of hydrogen-bond donors (Lipinski definition) is 0.